The molecule has 1 aliphatic carbocycles. The second-order valence-corrected chi connectivity index (χ2v) is 8.36. The Morgan fingerprint density at radius 1 is 1.17 bits per heavy atom. The van der Waals surface area contributed by atoms with E-state index in [1.807, 2.05) is 18.2 Å². The van der Waals surface area contributed by atoms with Crippen LogP contribution >= 0.6 is 0 Å². The normalized spacial score (nSPS) is 23.9. The Bertz CT molecular complexity index is 702. The first-order valence-corrected chi connectivity index (χ1v) is 11.1. The fourth-order valence-electron chi connectivity index (χ4n) is 4.84. The molecule has 5 heteroatoms. The largest absolute Gasteiger partial charge is 0.465 e. The van der Waals surface area contributed by atoms with Crippen molar-refractivity contribution in [3.05, 3.63) is 35.9 Å². The quantitative estimate of drug-likeness (QED) is 0.360. The molecule has 1 aromatic carbocycles. The number of ketones is 2. The molecular formula is C24H33NO4. The molecule has 0 spiro atoms. The summed E-state index contributed by atoms with van der Waals surface area (Å²) in [5, 5.41) is 0. The highest BCUT2D eigenvalue weighted by atomic mass is 16.5. The van der Waals surface area contributed by atoms with Gasteiger partial charge in [0, 0.05) is 18.9 Å². The minimum absolute atomic E-state index is 0.130. The lowest BCUT2D eigenvalue weighted by atomic mass is 9.80. The molecule has 1 aliphatic heterocycles. The summed E-state index contributed by atoms with van der Waals surface area (Å²) in [5.74, 6) is -0.421. The summed E-state index contributed by atoms with van der Waals surface area (Å²) < 4.78 is 5.63. The zero-order valence-electron chi connectivity index (χ0n) is 17.5. The minimum Gasteiger partial charge on any atom is -0.465 e. The SMILES string of the molecule is CCCC(C1CCC(=O)C(=O)C1)N1CCC[C@H]1C(=O)OCCCc1ccccc1. The fourth-order valence-corrected chi connectivity index (χ4v) is 4.84. The van der Waals surface area contributed by atoms with E-state index < -0.39 is 0 Å². The number of hydrogen-bond acceptors (Lipinski definition) is 5. The average Bonchev–Trinajstić information content (AvgIpc) is 3.22. The molecule has 2 aliphatic rings. The van der Waals surface area contributed by atoms with Gasteiger partial charge in [-0.05, 0) is 56.6 Å². The molecule has 29 heavy (non-hydrogen) atoms. The molecule has 2 unspecified atom stereocenters. The van der Waals surface area contributed by atoms with Gasteiger partial charge in [0.2, 0.25) is 0 Å². The molecule has 1 saturated heterocycles. The smallest absolute Gasteiger partial charge is 0.323 e. The van der Waals surface area contributed by atoms with Gasteiger partial charge >= 0.3 is 5.97 Å². The molecular weight excluding hydrogens is 366 g/mol. The van der Waals surface area contributed by atoms with Gasteiger partial charge in [-0.15, -0.1) is 0 Å². The molecule has 0 aromatic heterocycles. The molecule has 3 atom stereocenters. The number of likely N-dealkylation sites (tertiary alicyclic amines) is 1. The van der Waals surface area contributed by atoms with E-state index in [2.05, 4.69) is 24.0 Å². The molecule has 0 bridgehead atoms. The van der Waals surface area contributed by atoms with E-state index in [4.69, 9.17) is 4.74 Å². The van der Waals surface area contributed by atoms with Gasteiger partial charge in [0.25, 0.3) is 0 Å². The van der Waals surface area contributed by atoms with Crippen LogP contribution in [-0.4, -0.2) is 47.7 Å². The first-order chi connectivity index (χ1) is 14.1. The third kappa shape index (κ3) is 5.75. The highest BCUT2D eigenvalue weighted by Gasteiger charge is 2.41. The summed E-state index contributed by atoms with van der Waals surface area (Å²) in [6.45, 7) is 3.44. The van der Waals surface area contributed by atoms with Gasteiger partial charge in [0.05, 0.1) is 6.61 Å². The lowest BCUT2D eigenvalue weighted by Crippen LogP contribution is -2.49. The van der Waals surface area contributed by atoms with E-state index in [9.17, 15) is 14.4 Å². The van der Waals surface area contributed by atoms with Crippen molar-refractivity contribution in [1.29, 1.82) is 0 Å². The summed E-state index contributed by atoms with van der Waals surface area (Å²) in [6.07, 6.45) is 6.90. The van der Waals surface area contributed by atoms with Crippen LogP contribution in [0.4, 0.5) is 0 Å². The van der Waals surface area contributed by atoms with Crippen molar-refractivity contribution in [3.63, 3.8) is 0 Å². The molecule has 0 radical (unpaired) electrons. The van der Waals surface area contributed by atoms with E-state index in [1.54, 1.807) is 0 Å². The van der Waals surface area contributed by atoms with Crippen LogP contribution < -0.4 is 0 Å². The maximum absolute atomic E-state index is 12.8. The van der Waals surface area contributed by atoms with Crippen LogP contribution in [-0.2, 0) is 25.5 Å². The highest BCUT2D eigenvalue weighted by Crippen LogP contribution is 2.33. The van der Waals surface area contributed by atoms with Crippen molar-refractivity contribution in [3.8, 4) is 0 Å². The maximum Gasteiger partial charge on any atom is 0.323 e. The highest BCUT2D eigenvalue weighted by molar-refractivity contribution is 6.37. The predicted molar refractivity (Wildman–Crippen MR) is 112 cm³/mol. The molecule has 1 aromatic rings. The second kappa shape index (κ2) is 10.7. The number of carbonyl (C=O) groups is 3. The van der Waals surface area contributed by atoms with Crippen molar-refractivity contribution in [2.75, 3.05) is 13.2 Å². The molecule has 3 rings (SSSR count). The first kappa shape index (κ1) is 21.7. The van der Waals surface area contributed by atoms with E-state index >= 15 is 0 Å². The number of nitrogens with zero attached hydrogens (tertiary/aromatic N) is 1. The number of hydrogen-bond donors (Lipinski definition) is 0. The summed E-state index contributed by atoms with van der Waals surface area (Å²) >= 11 is 0. The maximum atomic E-state index is 12.8. The molecule has 158 valence electrons. The van der Waals surface area contributed by atoms with Gasteiger partial charge < -0.3 is 4.74 Å². The predicted octanol–water partition coefficient (Wildman–Crippen LogP) is 3.73. The zero-order valence-corrected chi connectivity index (χ0v) is 17.5. The van der Waals surface area contributed by atoms with E-state index in [-0.39, 0.29) is 35.5 Å². The summed E-state index contributed by atoms with van der Waals surface area (Å²) in [5.41, 5.74) is 1.26. The number of ether oxygens (including phenoxy) is 1. The standard InChI is InChI=1S/C24H33NO4/c1-2-8-20(19-13-14-22(26)23(27)17-19)25-15-6-12-21(25)24(28)29-16-7-11-18-9-4-3-5-10-18/h3-5,9-10,19-21H,2,6-8,11-17H2,1H3/t19?,20?,21-/m0/s1. The van der Waals surface area contributed by atoms with Crippen molar-refractivity contribution in [1.82, 2.24) is 4.90 Å². The minimum atomic E-state index is -0.235. The first-order valence-electron chi connectivity index (χ1n) is 11.1. The Kier molecular flexibility index (Phi) is 7.99. The fraction of sp³-hybridized carbons (Fsp3) is 0.625. The Labute approximate surface area is 173 Å². The number of Topliss-reactive ketones (excluding diaryl/α,β-unsaturated/α-hetero) is 2. The van der Waals surface area contributed by atoms with E-state index in [1.165, 1.54) is 5.56 Å². The number of aryl methyl sites for hydroxylation is 1. The lowest BCUT2D eigenvalue weighted by Gasteiger charge is -2.38. The van der Waals surface area contributed by atoms with Gasteiger partial charge in [-0.1, -0.05) is 43.7 Å². The van der Waals surface area contributed by atoms with Crippen LogP contribution in [0.15, 0.2) is 30.3 Å². The topological polar surface area (TPSA) is 63.7 Å². The average molecular weight is 400 g/mol. The second-order valence-electron chi connectivity index (χ2n) is 8.36. The van der Waals surface area contributed by atoms with Crippen LogP contribution in [0.25, 0.3) is 0 Å². The zero-order chi connectivity index (χ0) is 20.6. The van der Waals surface area contributed by atoms with Crippen molar-refractivity contribution < 1.29 is 19.1 Å². The summed E-state index contributed by atoms with van der Waals surface area (Å²) in [4.78, 5) is 38.7. The summed E-state index contributed by atoms with van der Waals surface area (Å²) in [7, 11) is 0. The van der Waals surface area contributed by atoms with Crippen LogP contribution in [0.2, 0.25) is 0 Å². The molecule has 1 saturated carbocycles. The van der Waals surface area contributed by atoms with Crippen molar-refractivity contribution >= 4 is 17.5 Å². The molecule has 2 fully saturated rings. The Balaban J connectivity index is 1.54. The van der Waals surface area contributed by atoms with Gasteiger partial charge in [0.1, 0.15) is 6.04 Å². The van der Waals surface area contributed by atoms with E-state index in [0.717, 1.165) is 51.5 Å². The van der Waals surface area contributed by atoms with Crippen LogP contribution in [0.5, 0.6) is 0 Å². The number of carbonyl (C=O) groups excluding carboxylic acids is 3. The third-order valence-corrected chi connectivity index (χ3v) is 6.32. The Hall–Kier alpha value is -2.01. The van der Waals surface area contributed by atoms with Crippen molar-refractivity contribution in [2.45, 2.75) is 76.8 Å². The van der Waals surface area contributed by atoms with Crippen molar-refractivity contribution in [2.24, 2.45) is 5.92 Å². The number of benzene rings is 1. The molecule has 0 N–H and O–H groups in total. The van der Waals surface area contributed by atoms with Gasteiger partial charge in [-0.3, -0.25) is 19.3 Å². The number of esters is 1. The van der Waals surface area contributed by atoms with Gasteiger partial charge in [-0.2, -0.15) is 0 Å². The Morgan fingerprint density at radius 2 is 1.97 bits per heavy atom. The van der Waals surface area contributed by atoms with Crippen LogP contribution in [0, 0.1) is 5.92 Å². The lowest BCUT2D eigenvalue weighted by molar-refractivity contribution is -0.150. The van der Waals surface area contributed by atoms with Gasteiger partial charge in [-0.25, -0.2) is 0 Å². The third-order valence-electron chi connectivity index (χ3n) is 6.32. The van der Waals surface area contributed by atoms with Crippen LogP contribution in [0.1, 0.15) is 63.9 Å². The molecule has 1 heterocycles. The molecule has 5 nitrogen and oxygen atoms in total. The summed E-state index contributed by atoms with van der Waals surface area (Å²) in [6, 6.07) is 10.2. The number of rotatable bonds is 9. The van der Waals surface area contributed by atoms with E-state index in [0.29, 0.717) is 19.4 Å². The monoisotopic (exact) mass is 399 g/mol. The van der Waals surface area contributed by atoms with Crippen LogP contribution in [0.3, 0.4) is 0 Å². The molecule has 0 amide bonds. The Morgan fingerprint density at radius 3 is 2.69 bits per heavy atom. The van der Waals surface area contributed by atoms with Gasteiger partial charge in [0.15, 0.2) is 11.6 Å².